The van der Waals surface area contributed by atoms with E-state index in [1.54, 1.807) is 0 Å². The first kappa shape index (κ1) is 13.2. The van der Waals surface area contributed by atoms with Gasteiger partial charge in [-0.15, -0.1) is 5.10 Å². The van der Waals surface area contributed by atoms with Gasteiger partial charge in [-0.2, -0.15) is 0 Å². The molecule has 0 amide bonds. The van der Waals surface area contributed by atoms with Gasteiger partial charge in [0.15, 0.2) is 0 Å². The number of rotatable bonds is 5. The van der Waals surface area contributed by atoms with Crippen molar-refractivity contribution in [2.75, 3.05) is 6.54 Å². The highest BCUT2D eigenvalue weighted by molar-refractivity contribution is 4.93. The summed E-state index contributed by atoms with van der Waals surface area (Å²) >= 11 is 0. The third kappa shape index (κ3) is 4.31. The van der Waals surface area contributed by atoms with Crippen molar-refractivity contribution >= 4 is 0 Å². The molecule has 1 N–H and O–H groups in total. The quantitative estimate of drug-likeness (QED) is 0.779. The molecule has 4 heteroatoms. The summed E-state index contributed by atoms with van der Waals surface area (Å²) in [4.78, 5) is 0. The van der Waals surface area contributed by atoms with E-state index in [0.717, 1.165) is 24.7 Å². The van der Waals surface area contributed by atoms with Crippen LogP contribution < -0.4 is 5.32 Å². The van der Waals surface area contributed by atoms with Gasteiger partial charge in [-0.05, 0) is 39.7 Å². The number of nitrogens with one attached hydrogen (secondary N) is 1. The van der Waals surface area contributed by atoms with Crippen LogP contribution in [-0.4, -0.2) is 21.5 Å². The fourth-order valence-corrected chi connectivity index (χ4v) is 1.31. The lowest BCUT2D eigenvalue weighted by atomic mass is 10.1. The second-order valence-corrected chi connectivity index (χ2v) is 5.68. The van der Waals surface area contributed by atoms with Crippen molar-refractivity contribution in [3.05, 3.63) is 11.9 Å². The number of nitrogens with zero attached hydrogens (tertiary/aromatic N) is 3. The molecule has 0 aliphatic heterocycles. The average molecular weight is 224 g/mol. The molecule has 16 heavy (non-hydrogen) atoms. The third-order valence-corrected chi connectivity index (χ3v) is 2.43. The van der Waals surface area contributed by atoms with E-state index in [2.05, 4.69) is 50.2 Å². The van der Waals surface area contributed by atoms with Crippen molar-refractivity contribution in [2.24, 2.45) is 5.92 Å². The third-order valence-electron chi connectivity index (χ3n) is 2.43. The maximum atomic E-state index is 4.15. The van der Waals surface area contributed by atoms with Crippen molar-refractivity contribution < 1.29 is 0 Å². The number of hydrogen-bond acceptors (Lipinski definition) is 3. The molecule has 0 fully saturated rings. The van der Waals surface area contributed by atoms with Gasteiger partial charge in [0, 0.05) is 6.54 Å². The van der Waals surface area contributed by atoms with Crippen molar-refractivity contribution in [2.45, 2.75) is 53.1 Å². The van der Waals surface area contributed by atoms with E-state index in [9.17, 15) is 0 Å². The molecule has 0 unspecified atom stereocenters. The molecule has 0 aromatic carbocycles. The van der Waals surface area contributed by atoms with E-state index < -0.39 is 0 Å². The van der Waals surface area contributed by atoms with E-state index in [4.69, 9.17) is 0 Å². The fourth-order valence-electron chi connectivity index (χ4n) is 1.31. The molecule has 0 spiro atoms. The predicted molar refractivity (Wildman–Crippen MR) is 66.2 cm³/mol. The summed E-state index contributed by atoms with van der Waals surface area (Å²) < 4.78 is 1.91. The van der Waals surface area contributed by atoms with Crippen LogP contribution in [0.5, 0.6) is 0 Å². The predicted octanol–water partition coefficient (Wildman–Crippen LogP) is 2.17. The molecule has 0 bridgehead atoms. The first-order valence-corrected chi connectivity index (χ1v) is 6.02. The minimum absolute atomic E-state index is 0.0170. The lowest BCUT2D eigenvalue weighted by molar-refractivity contribution is 0.347. The van der Waals surface area contributed by atoms with Gasteiger partial charge in [0.1, 0.15) is 0 Å². The molecule has 1 heterocycles. The van der Waals surface area contributed by atoms with E-state index >= 15 is 0 Å². The maximum Gasteiger partial charge on any atom is 0.0965 e. The molecule has 0 aliphatic carbocycles. The maximum absolute atomic E-state index is 4.15. The Hall–Kier alpha value is -0.900. The smallest absolute Gasteiger partial charge is 0.0965 e. The summed E-state index contributed by atoms with van der Waals surface area (Å²) in [5, 5.41) is 11.7. The SMILES string of the molecule is CC(C)CCNCc1cn(C(C)(C)C)nn1. The Bertz CT molecular complexity index is 309. The minimum Gasteiger partial charge on any atom is -0.311 e. The van der Waals surface area contributed by atoms with Crippen molar-refractivity contribution in [1.82, 2.24) is 20.3 Å². The van der Waals surface area contributed by atoms with Crippen LogP contribution in [-0.2, 0) is 12.1 Å². The van der Waals surface area contributed by atoms with Crippen LogP contribution >= 0.6 is 0 Å². The van der Waals surface area contributed by atoms with E-state index in [0.29, 0.717) is 0 Å². The van der Waals surface area contributed by atoms with Crippen LogP contribution in [0.3, 0.4) is 0 Å². The van der Waals surface area contributed by atoms with Crippen LogP contribution in [0.15, 0.2) is 6.20 Å². The van der Waals surface area contributed by atoms with E-state index in [-0.39, 0.29) is 5.54 Å². The molecule has 0 radical (unpaired) electrons. The molecule has 0 atom stereocenters. The highest BCUT2D eigenvalue weighted by atomic mass is 15.4. The Balaban J connectivity index is 2.36. The zero-order valence-electron chi connectivity index (χ0n) is 11.1. The Morgan fingerprint density at radius 1 is 1.38 bits per heavy atom. The van der Waals surface area contributed by atoms with Gasteiger partial charge in [0.05, 0.1) is 17.4 Å². The monoisotopic (exact) mass is 224 g/mol. The summed E-state index contributed by atoms with van der Waals surface area (Å²) in [7, 11) is 0. The molecule has 92 valence electrons. The first-order valence-electron chi connectivity index (χ1n) is 6.02. The Labute approximate surface area is 98.4 Å². The van der Waals surface area contributed by atoms with Gasteiger partial charge in [-0.3, -0.25) is 0 Å². The van der Waals surface area contributed by atoms with Gasteiger partial charge >= 0.3 is 0 Å². The van der Waals surface area contributed by atoms with Gasteiger partial charge in [-0.1, -0.05) is 19.1 Å². The summed E-state index contributed by atoms with van der Waals surface area (Å²) in [6, 6.07) is 0. The molecule has 0 saturated heterocycles. The van der Waals surface area contributed by atoms with Crippen LogP contribution in [0.4, 0.5) is 0 Å². The highest BCUT2D eigenvalue weighted by Crippen LogP contribution is 2.11. The summed E-state index contributed by atoms with van der Waals surface area (Å²) in [6.45, 7) is 12.7. The molecule has 1 rings (SSSR count). The fraction of sp³-hybridized carbons (Fsp3) is 0.833. The summed E-state index contributed by atoms with van der Waals surface area (Å²) in [6.07, 6.45) is 3.22. The molecule has 0 aliphatic rings. The Kier molecular flexibility index (Phi) is 4.47. The van der Waals surface area contributed by atoms with Crippen LogP contribution in [0.25, 0.3) is 0 Å². The lowest BCUT2D eigenvalue weighted by Gasteiger charge is -2.17. The normalized spacial score (nSPS) is 12.4. The van der Waals surface area contributed by atoms with Gasteiger partial charge < -0.3 is 5.32 Å². The molecule has 1 aromatic rings. The van der Waals surface area contributed by atoms with Gasteiger partial charge in [-0.25, -0.2) is 4.68 Å². The van der Waals surface area contributed by atoms with E-state index in [1.165, 1.54) is 6.42 Å². The number of aromatic nitrogens is 3. The van der Waals surface area contributed by atoms with Crippen molar-refractivity contribution in [3.8, 4) is 0 Å². The lowest BCUT2D eigenvalue weighted by Crippen LogP contribution is -2.22. The number of hydrogen-bond donors (Lipinski definition) is 1. The largest absolute Gasteiger partial charge is 0.311 e. The molecule has 4 nitrogen and oxygen atoms in total. The first-order chi connectivity index (χ1) is 7.39. The minimum atomic E-state index is 0.0170. The molecule has 1 aromatic heterocycles. The van der Waals surface area contributed by atoms with Crippen LogP contribution in [0.2, 0.25) is 0 Å². The Morgan fingerprint density at radius 2 is 2.06 bits per heavy atom. The van der Waals surface area contributed by atoms with Crippen molar-refractivity contribution in [3.63, 3.8) is 0 Å². The highest BCUT2D eigenvalue weighted by Gasteiger charge is 2.14. The zero-order chi connectivity index (χ0) is 12.2. The summed E-state index contributed by atoms with van der Waals surface area (Å²) in [5.41, 5.74) is 1.03. The Morgan fingerprint density at radius 3 is 2.56 bits per heavy atom. The van der Waals surface area contributed by atoms with Crippen LogP contribution in [0.1, 0.15) is 46.7 Å². The second kappa shape index (κ2) is 5.43. The van der Waals surface area contributed by atoms with E-state index in [1.807, 2.05) is 10.9 Å². The summed E-state index contributed by atoms with van der Waals surface area (Å²) in [5.74, 6) is 0.748. The topological polar surface area (TPSA) is 42.7 Å². The average Bonchev–Trinajstić information content (AvgIpc) is 2.59. The van der Waals surface area contributed by atoms with Crippen LogP contribution in [0, 0.1) is 5.92 Å². The molecule has 0 saturated carbocycles. The second-order valence-electron chi connectivity index (χ2n) is 5.68. The standard InChI is InChI=1S/C12H24N4/c1-10(2)6-7-13-8-11-9-16(15-14-11)12(3,4)5/h9-10,13H,6-8H2,1-5H3. The molecular weight excluding hydrogens is 200 g/mol. The van der Waals surface area contributed by atoms with Gasteiger partial charge in [0.25, 0.3) is 0 Å². The zero-order valence-corrected chi connectivity index (χ0v) is 11.1. The van der Waals surface area contributed by atoms with Crippen molar-refractivity contribution in [1.29, 1.82) is 0 Å². The molecular formula is C12H24N4. The van der Waals surface area contributed by atoms with Gasteiger partial charge in [0.2, 0.25) is 0 Å².